The largest absolute Gasteiger partial charge is 0.320 e. The van der Waals surface area contributed by atoms with Crippen molar-refractivity contribution in [3.8, 4) is 0 Å². The first-order chi connectivity index (χ1) is 11.6. The third-order valence-corrected chi connectivity index (χ3v) is 4.51. The Hall–Kier alpha value is -2.55. The SMILES string of the molecule is CC(Sc1nc2ncccn2n1)c1nc2ccccc2n1C(F)F. The van der Waals surface area contributed by atoms with E-state index >= 15 is 0 Å². The lowest BCUT2D eigenvalue weighted by molar-refractivity contribution is 0.0715. The van der Waals surface area contributed by atoms with E-state index in [4.69, 9.17) is 0 Å². The quantitative estimate of drug-likeness (QED) is 0.527. The van der Waals surface area contributed by atoms with Crippen LogP contribution in [0.4, 0.5) is 8.78 Å². The first-order valence-corrected chi connectivity index (χ1v) is 8.10. The van der Waals surface area contributed by atoms with Gasteiger partial charge in [0.15, 0.2) is 0 Å². The van der Waals surface area contributed by atoms with E-state index in [1.807, 2.05) is 6.92 Å². The summed E-state index contributed by atoms with van der Waals surface area (Å²) in [5, 5.41) is 4.41. The van der Waals surface area contributed by atoms with Gasteiger partial charge in [-0.1, -0.05) is 23.9 Å². The Morgan fingerprint density at radius 1 is 1.12 bits per heavy atom. The molecule has 0 N–H and O–H groups in total. The van der Waals surface area contributed by atoms with Crippen LogP contribution in [-0.2, 0) is 0 Å². The van der Waals surface area contributed by atoms with Gasteiger partial charge in [-0.2, -0.15) is 13.8 Å². The average Bonchev–Trinajstić information content (AvgIpc) is 3.15. The summed E-state index contributed by atoms with van der Waals surface area (Å²) in [5.74, 6) is 0.762. The highest BCUT2D eigenvalue weighted by Gasteiger charge is 2.23. The van der Waals surface area contributed by atoms with E-state index in [-0.39, 0.29) is 5.25 Å². The average molecular weight is 346 g/mol. The van der Waals surface area contributed by atoms with Crippen molar-refractivity contribution in [3.05, 3.63) is 48.5 Å². The van der Waals surface area contributed by atoms with Gasteiger partial charge in [0.05, 0.1) is 16.3 Å². The zero-order valence-electron chi connectivity index (χ0n) is 12.5. The van der Waals surface area contributed by atoms with Crippen molar-refractivity contribution in [1.29, 1.82) is 0 Å². The van der Waals surface area contributed by atoms with Gasteiger partial charge in [0.25, 0.3) is 5.78 Å². The van der Waals surface area contributed by atoms with Crippen molar-refractivity contribution in [3.63, 3.8) is 0 Å². The topological polar surface area (TPSA) is 60.9 Å². The number of hydrogen-bond acceptors (Lipinski definition) is 5. The number of nitrogens with zero attached hydrogens (tertiary/aromatic N) is 6. The van der Waals surface area contributed by atoms with Gasteiger partial charge in [0.2, 0.25) is 5.16 Å². The summed E-state index contributed by atoms with van der Waals surface area (Å²) < 4.78 is 29.6. The minimum atomic E-state index is -2.66. The van der Waals surface area contributed by atoms with Crippen molar-refractivity contribution in [2.75, 3.05) is 0 Å². The normalized spacial score (nSPS) is 13.2. The summed E-state index contributed by atoms with van der Waals surface area (Å²) in [5.41, 5.74) is 0.962. The van der Waals surface area contributed by atoms with Gasteiger partial charge in [0, 0.05) is 12.4 Å². The van der Waals surface area contributed by atoms with Crippen LogP contribution in [0.3, 0.4) is 0 Å². The van der Waals surface area contributed by atoms with Crippen LogP contribution in [0.15, 0.2) is 47.9 Å². The molecule has 4 aromatic rings. The van der Waals surface area contributed by atoms with Crippen molar-refractivity contribution >= 4 is 28.6 Å². The van der Waals surface area contributed by atoms with Crippen LogP contribution in [-0.4, -0.2) is 29.1 Å². The third-order valence-electron chi connectivity index (χ3n) is 3.56. The molecule has 0 aliphatic carbocycles. The fourth-order valence-corrected chi connectivity index (χ4v) is 3.39. The molecule has 4 rings (SSSR count). The number of benzene rings is 1. The van der Waals surface area contributed by atoms with Crippen molar-refractivity contribution in [2.45, 2.75) is 23.9 Å². The molecule has 0 amide bonds. The van der Waals surface area contributed by atoms with E-state index in [2.05, 4.69) is 20.1 Å². The van der Waals surface area contributed by atoms with Crippen LogP contribution in [0.25, 0.3) is 16.8 Å². The molecule has 9 heteroatoms. The second-order valence-corrected chi connectivity index (χ2v) is 6.43. The van der Waals surface area contributed by atoms with Crippen LogP contribution in [0.1, 0.15) is 24.5 Å². The van der Waals surface area contributed by atoms with Gasteiger partial charge in [-0.15, -0.1) is 5.10 Å². The fourth-order valence-electron chi connectivity index (χ4n) is 2.53. The van der Waals surface area contributed by atoms with Gasteiger partial charge in [-0.25, -0.2) is 14.5 Å². The minimum Gasteiger partial charge on any atom is -0.269 e. The number of halogens is 2. The van der Waals surface area contributed by atoms with E-state index in [1.54, 1.807) is 47.2 Å². The molecule has 1 unspecified atom stereocenters. The van der Waals surface area contributed by atoms with Crippen LogP contribution in [0.5, 0.6) is 0 Å². The first-order valence-electron chi connectivity index (χ1n) is 7.22. The number of imidazole rings is 1. The van der Waals surface area contributed by atoms with Crippen molar-refractivity contribution in [2.24, 2.45) is 0 Å². The number of aromatic nitrogens is 6. The summed E-state index contributed by atoms with van der Waals surface area (Å²) in [6, 6.07) is 8.61. The maximum Gasteiger partial charge on any atom is 0.320 e. The van der Waals surface area contributed by atoms with Crippen LogP contribution in [0.2, 0.25) is 0 Å². The molecule has 3 aromatic heterocycles. The molecule has 0 fully saturated rings. The third kappa shape index (κ3) is 2.50. The van der Waals surface area contributed by atoms with Gasteiger partial charge in [0.1, 0.15) is 5.82 Å². The lowest BCUT2D eigenvalue weighted by atomic mass is 10.3. The Kier molecular flexibility index (Phi) is 3.64. The molecule has 0 saturated heterocycles. The molecule has 0 bridgehead atoms. The number of fused-ring (bicyclic) bond motifs is 2. The molecule has 0 aliphatic heterocycles. The highest BCUT2D eigenvalue weighted by Crippen LogP contribution is 2.36. The van der Waals surface area contributed by atoms with Gasteiger partial charge < -0.3 is 0 Å². The molecule has 1 atom stereocenters. The Bertz CT molecular complexity index is 978. The summed E-state index contributed by atoms with van der Waals surface area (Å²) in [6.07, 6.45) is 3.36. The summed E-state index contributed by atoms with van der Waals surface area (Å²) in [7, 11) is 0. The number of thioether (sulfide) groups is 1. The maximum atomic E-state index is 13.5. The van der Waals surface area contributed by atoms with E-state index in [0.29, 0.717) is 27.8 Å². The zero-order valence-corrected chi connectivity index (χ0v) is 13.4. The lowest BCUT2D eigenvalue weighted by Gasteiger charge is -2.12. The highest BCUT2D eigenvalue weighted by atomic mass is 32.2. The smallest absolute Gasteiger partial charge is 0.269 e. The van der Waals surface area contributed by atoms with Gasteiger partial charge >= 0.3 is 6.55 Å². The Morgan fingerprint density at radius 3 is 2.75 bits per heavy atom. The predicted molar refractivity (Wildman–Crippen MR) is 86.0 cm³/mol. The number of rotatable bonds is 4. The van der Waals surface area contributed by atoms with E-state index in [0.717, 1.165) is 4.57 Å². The molecule has 1 aromatic carbocycles. The Morgan fingerprint density at radius 2 is 1.96 bits per heavy atom. The number of alkyl halides is 2. The zero-order chi connectivity index (χ0) is 16.7. The standard InChI is InChI=1S/C15H12F2N6S/c1-9(24-15-20-14-18-7-4-8-22(14)21-15)12-19-10-5-2-3-6-11(10)23(12)13(16)17/h2-9,13H,1H3. The van der Waals surface area contributed by atoms with E-state index in [9.17, 15) is 8.78 Å². The molecule has 3 heterocycles. The molecule has 24 heavy (non-hydrogen) atoms. The van der Waals surface area contributed by atoms with E-state index < -0.39 is 6.55 Å². The van der Waals surface area contributed by atoms with Crippen LogP contribution in [0, 0.1) is 0 Å². The molecular formula is C15H12F2N6S. The summed E-state index contributed by atoms with van der Waals surface area (Å²) in [6.45, 7) is -0.852. The number of hydrogen-bond donors (Lipinski definition) is 0. The second-order valence-electron chi connectivity index (χ2n) is 5.13. The molecule has 0 radical (unpaired) electrons. The monoisotopic (exact) mass is 346 g/mol. The Balaban J connectivity index is 1.72. The number of para-hydroxylation sites is 2. The first kappa shape index (κ1) is 15.0. The van der Waals surface area contributed by atoms with E-state index in [1.165, 1.54) is 11.8 Å². The van der Waals surface area contributed by atoms with Crippen LogP contribution >= 0.6 is 11.8 Å². The Labute approximate surface area is 139 Å². The fraction of sp³-hybridized carbons (Fsp3) is 0.200. The van der Waals surface area contributed by atoms with Gasteiger partial charge in [-0.05, 0) is 25.1 Å². The lowest BCUT2D eigenvalue weighted by Crippen LogP contribution is -2.06. The molecule has 0 saturated carbocycles. The molecular weight excluding hydrogens is 334 g/mol. The van der Waals surface area contributed by atoms with Crippen LogP contribution < -0.4 is 0 Å². The highest BCUT2D eigenvalue weighted by molar-refractivity contribution is 7.99. The molecule has 6 nitrogen and oxygen atoms in total. The summed E-state index contributed by atoms with van der Waals surface area (Å²) >= 11 is 1.27. The molecule has 0 aliphatic rings. The predicted octanol–water partition coefficient (Wildman–Crippen LogP) is 3.72. The maximum absolute atomic E-state index is 13.5. The summed E-state index contributed by atoms with van der Waals surface area (Å²) in [4.78, 5) is 12.8. The second kappa shape index (κ2) is 5.82. The minimum absolute atomic E-state index is 0.294. The molecule has 122 valence electrons. The van der Waals surface area contributed by atoms with Crippen molar-refractivity contribution in [1.82, 2.24) is 29.1 Å². The molecule has 0 spiro atoms. The van der Waals surface area contributed by atoms with Crippen molar-refractivity contribution < 1.29 is 8.78 Å². The van der Waals surface area contributed by atoms with Gasteiger partial charge in [-0.3, -0.25) is 4.57 Å².